The van der Waals surface area contributed by atoms with Gasteiger partial charge in [-0.25, -0.2) is 0 Å². The molecule has 2 aliphatic rings. The van der Waals surface area contributed by atoms with Crippen LogP contribution in [0.25, 0.3) is 0 Å². The number of carbonyl (C=O) groups is 11. The fourth-order valence-corrected chi connectivity index (χ4v) is 11.0. The average molecular weight is 1270 g/mol. The van der Waals surface area contributed by atoms with E-state index in [9.17, 15) is 65.9 Å². The van der Waals surface area contributed by atoms with Crippen molar-refractivity contribution < 1.29 is 65.9 Å². The first-order chi connectivity index (χ1) is 41.5. The smallest absolute Gasteiger partial charge is 0.351 e. The fraction of sp³-hybridized carbons (Fsp3) is 0.635. The Labute approximate surface area is 526 Å². The number of amides is 11. The number of halogens is 4. The Morgan fingerprint density at radius 3 is 1.70 bits per heavy atom. The Kier molecular flexibility index (Phi) is 27.5. The van der Waals surface area contributed by atoms with E-state index in [0.717, 1.165) is 31.7 Å². The first-order valence-corrected chi connectivity index (χ1v) is 30.8. The highest BCUT2D eigenvalue weighted by molar-refractivity contribution is 6.30. The van der Waals surface area contributed by atoms with Crippen LogP contribution in [0.4, 0.5) is 13.2 Å². The van der Waals surface area contributed by atoms with Gasteiger partial charge >= 0.3 is 6.18 Å². The van der Waals surface area contributed by atoms with Crippen LogP contribution in [-0.4, -0.2) is 228 Å². The van der Waals surface area contributed by atoms with Gasteiger partial charge in [-0.2, -0.15) is 13.2 Å². The van der Waals surface area contributed by atoms with Crippen molar-refractivity contribution in [3.63, 3.8) is 0 Å². The summed E-state index contributed by atoms with van der Waals surface area (Å²) in [7, 11) is 9.68. The lowest BCUT2D eigenvalue weighted by Crippen LogP contribution is -2.59. The molecule has 4 rings (SSSR count). The minimum absolute atomic E-state index is 0.0138. The minimum Gasteiger partial charge on any atom is -0.351 e. The zero-order valence-electron chi connectivity index (χ0n) is 54.2. The van der Waals surface area contributed by atoms with Crippen LogP contribution >= 0.6 is 11.6 Å². The predicted octanol–water partition coefficient (Wildman–Crippen LogP) is 4.24. The van der Waals surface area contributed by atoms with Crippen LogP contribution in [0.1, 0.15) is 117 Å². The van der Waals surface area contributed by atoms with Gasteiger partial charge < -0.3 is 55.1 Å². The second-order valence-electron chi connectivity index (χ2n) is 24.9. The van der Waals surface area contributed by atoms with Gasteiger partial charge in [0.15, 0.2) is 0 Å². The molecule has 1 unspecified atom stereocenters. The number of likely N-dealkylation sites (N-methyl/N-ethyl adjacent to an activating group) is 7. The molecule has 0 spiro atoms. The number of nitrogens with one attached hydrogen (secondary N) is 3. The third-order valence-corrected chi connectivity index (χ3v) is 17.1. The van der Waals surface area contributed by atoms with E-state index in [1.165, 1.54) is 88.0 Å². The topological polar surface area (TPSA) is 250 Å². The Bertz CT molecular complexity index is 2840. The highest BCUT2D eigenvalue weighted by Crippen LogP contribution is 2.30. The molecule has 2 saturated heterocycles. The summed E-state index contributed by atoms with van der Waals surface area (Å²) in [5, 5.41) is 8.75. The molecule has 2 fully saturated rings. The van der Waals surface area contributed by atoms with Gasteiger partial charge in [-0.1, -0.05) is 83.8 Å². The van der Waals surface area contributed by atoms with E-state index in [4.69, 9.17) is 11.6 Å². The van der Waals surface area contributed by atoms with Crippen LogP contribution in [0, 0.1) is 17.8 Å². The summed E-state index contributed by atoms with van der Waals surface area (Å²) in [4.78, 5) is 167. The fourth-order valence-electron chi connectivity index (χ4n) is 10.8. The van der Waals surface area contributed by atoms with E-state index in [1.54, 1.807) is 38.1 Å². The Balaban J connectivity index is 1.81. The van der Waals surface area contributed by atoms with E-state index >= 15 is 0 Å². The lowest BCUT2D eigenvalue weighted by molar-refractivity contribution is -0.152. The zero-order chi connectivity index (χ0) is 67.1. The number of rotatable bonds is 11. The summed E-state index contributed by atoms with van der Waals surface area (Å²) >= 11 is 6.19. The molecule has 2 aromatic carbocycles. The number of carbonyl (C=O) groups excluding carboxylic acids is 11. The van der Waals surface area contributed by atoms with Crippen molar-refractivity contribution in [3.05, 3.63) is 70.2 Å². The monoisotopic (exact) mass is 1270 g/mol. The zero-order valence-corrected chi connectivity index (χ0v) is 55.0. The molecule has 0 saturated carbocycles. The number of alkyl halides is 3. The van der Waals surface area contributed by atoms with Crippen molar-refractivity contribution in [1.29, 1.82) is 0 Å². The van der Waals surface area contributed by atoms with Crippen LogP contribution in [0.2, 0.25) is 5.02 Å². The third kappa shape index (κ3) is 20.6. The van der Waals surface area contributed by atoms with E-state index in [-0.39, 0.29) is 63.3 Å². The highest BCUT2D eigenvalue weighted by Gasteiger charge is 2.44. The molecule has 2 heterocycles. The summed E-state index contributed by atoms with van der Waals surface area (Å²) in [6.45, 7) is 12.4. The minimum atomic E-state index is -4.62. The number of fused-ring (bicyclic) bond motifs is 1. The first-order valence-electron chi connectivity index (χ1n) is 30.4. The van der Waals surface area contributed by atoms with Gasteiger partial charge in [0.05, 0.1) is 25.2 Å². The molecule has 89 heavy (non-hydrogen) atoms. The maximum atomic E-state index is 15.0. The number of aryl methyl sites for hydroxylation is 1. The molecule has 11 amide bonds. The lowest BCUT2D eigenvalue weighted by atomic mass is 9.97. The van der Waals surface area contributed by atoms with Gasteiger partial charge in [0.25, 0.3) is 0 Å². The molecule has 494 valence electrons. The molecule has 26 heteroatoms. The predicted molar refractivity (Wildman–Crippen MR) is 329 cm³/mol. The number of hydrogen-bond donors (Lipinski definition) is 3. The van der Waals surface area contributed by atoms with Crippen molar-refractivity contribution in [2.45, 2.75) is 168 Å². The van der Waals surface area contributed by atoms with Crippen molar-refractivity contribution in [2.24, 2.45) is 17.8 Å². The first kappa shape index (κ1) is 74.2. The van der Waals surface area contributed by atoms with Gasteiger partial charge in [0.1, 0.15) is 42.3 Å². The quantitative estimate of drug-likeness (QED) is 0.287. The average Bonchev–Trinajstić information content (AvgIpc) is 3.96. The Hall–Kier alpha value is -7.31. The van der Waals surface area contributed by atoms with Crippen LogP contribution in [-0.2, 0) is 71.8 Å². The van der Waals surface area contributed by atoms with Gasteiger partial charge in [-0.15, -0.1) is 0 Å². The highest BCUT2D eigenvalue weighted by atomic mass is 35.5. The third-order valence-electron chi connectivity index (χ3n) is 16.9. The number of hydrogen-bond acceptors (Lipinski definition) is 11. The summed E-state index contributed by atoms with van der Waals surface area (Å²) < 4.78 is 40.8. The Morgan fingerprint density at radius 1 is 0.573 bits per heavy atom. The Morgan fingerprint density at radius 2 is 1.12 bits per heavy atom. The lowest BCUT2D eigenvalue weighted by Gasteiger charge is -2.38. The number of nitrogens with zero attached hydrogens (tertiary/aromatic N) is 8. The summed E-state index contributed by atoms with van der Waals surface area (Å²) in [5.41, 5.74) is 0.0733. The molecule has 0 radical (unpaired) electrons. The van der Waals surface area contributed by atoms with E-state index < -0.39 is 151 Å². The van der Waals surface area contributed by atoms with Crippen LogP contribution in [0.15, 0.2) is 48.5 Å². The second-order valence-corrected chi connectivity index (χ2v) is 25.3. The van der Waals surface area contributed by atoms with Crippen LogP contribution < -0.4 is 16.0 Å². The second kappa shape index (κ2) is 33.0. The van der Waals surface area contributed by atoms with E-state index in [1.807, 2.05) is 34.6 Å². The van der Waals surface area contributed by atoms with Crippen molar-refractivity contribution in [2.75, 3.05) is 75.5 Å². The summed E-state index contributed by atoms with van der Waals surface area (Å²) in [6.07, 6.45) is -3.89. The molecule has 0 aromatic heterocycles. The molecular weight excluding hydrogens is 1180 g/mol. The van der Waals surface area contributed by atoms with Crippen molar-refractivity contribution in [3.8, 4) is 0 Å². The van der Waals surface area contributed by atoms with Crippen molar-refractivity contribution >= 4 is 76.6 Å². The molecule has 9 atom stereocenters. The molecular formula is C63H93ClF3N11O11. The van der Waals surface area contributed by atoms with E-state index in [0.29, 0.717) is 29.0 Å². The maximum absolute atomic E-state index is 15.0. The van der Waals surface area contributed by atoms with Gasteiger partial charge in [-0.3, -0.25) is 52.7 Å². The largest absolute Gasteiger partial charge is 0.416 e. The van der Waals surface area contributed by atoms with Crippen LogP contribution in [0.3, 0.4) is 0 Å². The summed E-state index contributed by atoms with van der Waals surface area (Å²) in [5.74, 6) is -7.97. The van der Waals surface area contributed by atoms with Gasteiger partial charge in [-0.05, 0) is 106 Å². The standard InChI is InChI=1S/C63H93ClF3N11O11/c1-16-39(6)55-62(89)73(11)35-53(81)71(9)36-54(82)75(13)50(33-43-21-26-45(64)27-22-43)59(86)72(10)34-51(79)69-46(28-23-42-19-24-44(25-20-42)63(65,66)67)58(85)78-29-17-18-47(78)60(87)77(15)49(31-38(4)5)61(88)76(14)48(30-37(2)3)57(84)68-40(7)32-52(80)74(12)41(8)56(83)70-55/h19-22,24-27,37-41,46-50,55H,16-18,23,28-36H2,1-15H3,(H,68,84)(H,69,79)(H,70,83)/t39-,40+,41-,46-,47?,48-,49-,50-,55-/m0/s1. The normalized spacial score (nSPS) is 24.8. The molecule has 2 aromatic rings. The molecule has 2 aliphatic heterocycles. The SMILES string of the molecule is CC[C@H](C)[C@@H]1NC(=O)[C@H](C)N(C)C(=O)C[C@@H](C)NC(=O)[C@H](CC(C)C)N(C)C(=O)[C@H](CC(C)C)N(C)C(=O)C2CCCN2C(=O)[C@H](CCc2ccc(C(F)(F)F)cc2)NC(=O)CN(C)C(=O)[C@H](Cc2ccc(Cl)cc2)N(C)C(=O)CN(C)C(=O)CN(C)C1=O. The van der Waals surface area contributed by atoms with E-state index in [2.05, 4.69) is 16.0 Å². The van der Waals surface area contributed by atoms with Gasteiger partial charge in [0.2, 0.25) is 65.0 Å². The molecule has 3 N–H and O–H groups in total. The number of benzene rings is 2. The molecule has 0 aliphatic carbocycles. The molecule has 0 bridgehead atoms. The van der Waals surface area contributed by atoms with Crippen LogP contribution in [0.5, 0.6) is 0 Å². The van der Waals surface area contributed by atoms with Crippen molar-refractivity contribution in [1.82, 2.24) is 55.1 Å². The summed E-state index contributed by atoms with van der Waals surface area (Å²) in [6, 6.07) is 1.64. The molecule has 22 nitrogen and oxygen atoms in total. The van der Waals surface area contributed by atoms with Gasteiger partial charge in [0, 0.05) is 79.8 Å². The maximum Gasteiger partial charge on any atom is 0.416 e.